The number of carbonyl (C=O) groups excluding carboxylic acids is 1. The number of nitrogens with zero attached hydrogens (tertiary/aromatic N) is 2. The molecule has 0 N–H and O–H groups in total. The molecule has 1 amide bonds. The lowest BCUT2D eigenvalue weighted by atomic mass is 10.0. The molecule has 0 aromatic heterocycles. The molecule has 1 heterocycles. The molecule has 2 aromatic carbocycles. The van der Waals surface area contributed by atoms with Gasteiger partial charge in [-0.15, -0.1) is 0 Å². The minimum Gasteiger partial charge on any atom is -0.382 e. The molecule has 1 aliphatic heterocycles. The molecular formula is C19H16F4N2O2. The van der Waals surface area contributed by atoms with Gasteiger partial charge in [-0.25, -0.2) is 4.39 Å². The van der Waals surface area contributed by atoms with Crippen molar-refractivity contribution in [3.8, 4) is 0 Å². The SMILES string of the molecule is O=C([C@H]1CC(c2cccc(F)c2)=NO1)N(Cc1ccccc1)CC(F)(F)F. The number of oxime groups is 1. The van der Waals surface area contributed by atoms with Crippen molar-refractivity contribution in [2.24, 2.45) is 5.16 Å². The van der Waals surface area contributed by atoms with E-state index in [1.165, 1.54) is 18.2 Å². The van der Waals surface area contributed by atoms with Crippen LogP contribution < -0.4 is 0 Å². The number of hydrogen-bond donors (Lipinski definition) is 0. The van der Waals surface area contributed by atoms with Gasteiger partial charge in [0.25, 0.3) is 5.91 Å². The van der Waals surface area contributed by atoms with E-state index in [0.29, 0.717) is 21.7 Å². The first-order chi connectivity index (χ1) is 12.8. The Morgan fingerprint density at radius 3 is 2.56 bits per heavy atom. The van der Waals surface area contributed by atoms with Crippen LogP contribution in [0.2, 0.25) is 0 Å². The van der Waals surface area contributed by atoms with E-state index in [0.717, 1.165) is 0 Å². The first kappa shape index (κ1) is 18.9. The zero-order valence-corrected chi connectivity index (χ0v) is 14.1. The Kier molecular flexibility index (Phi) is 5.43. The van der Waals surface area contributed by atoms with E-state index in [1.54, 1.807) is 36.4 Å². The van der Waals surface area contributed by atoms with Crippen LogP contribution in [0.3, 0.4) is 0 Å². The minimum absolute atomic E-state index is 0.0224. The van der Waals surface area contributed by atoms with Gasteiger partial charge in [-0.05, 0) is 17.7 Å². The van der Waals surface area contributed by atoms with Crippen molar-refractivity contribution in [3.05, 3.63) is 71.5 Å². The Hall–Kier alpha value is -2.90. The maximum absolute atomic E-state index is 13.3. The molecule has 142 valence electrons. The lowest BCUT2D eigenvalue weighted by molar-refractivity contribution is -0.168. The predicted octanol–water partition coefficient (Wildman–Crippen LogP) is 3.91. The summed E-state index contributed by atoms with van der Waals surface area (Å²) in [5, 5.41) is 3.76. The molecule has 0 spiro atoms. The number of rotatable bonds is 5. The highest BCUT2D eigenvalue weighted by Crippen LogP contribution is 2.23. The summed E-state index contributed by atoms with van der Waals surface area (Å²) >= 11 is 0. The van der Waals surface area contributed by atoms with Crippen LogP contribution in [0, 0.1) is 5.82 Å². The van der Waals surface area contributed by atoms with Gasteiger partial charge >= 0.3 is 6.18 Å². The van der Waals surface area contributed by atoms with Crippen molar-refractivity contribution in [3.63, 3.8) is 0 Å². The van der Waals surface area contributed by atoms with Crippen molar-refractivity contribution in [1.29, 1.82) is 0 Å². The largest absolute Gasteiger partial charge is 0.406 e. The number of hydrogen-bond acceptors (Lipinski definition) is 3. The van der Waals surface area contributed by atoms with Gasteiger partial charge in [0.15, 0.2) is 0 Å². The lowest BCUT2D eigenvalue weighted by Gasteiger charge is -2.25. The number of amides is 1. The van der Waals surface area contributed by atoms with Gasteiger partial charge in [0, 0.05) is 18.5 Å². The zero-order valence-electron chi connectivity index (χ0n) is 14.1. The van der Waals surface area contributed by atoms with Crippen LogP contribution in [-0.4, -0.2) is 35.3 Å². The van der Waals surface area contributed by atoms with Crippen LogP contribution in [-0.2, 0) is 16.2 Å². The second kappa shape index (κ2) is 7.77. The molecule has 0 fully saturated rings. The molecule has 0 unspecified atom stereocenters. The van der Waals surface area contributed by atoms with Gasteiger partial charge in [-0.2, -0.15) is 13.2 Å². The summed E-state index contributed by atoms with van der Waals surface area (Å²) in [6.07, 6.45) is -5.74. The maximum Gasteiger partial charge on any atom is 0.406 e. The molecule has 0 aliphatic carbocycles. The van der Waals surface area contributed by atoms with Gasteiger partial charge in [-0.1, -0.05) is 47.6 Å². The predicted molar refractivity (Wildman–Crippen MR) is 90.3 cm³/mol. The second-order valence-electron chi connectivity index (χ2n) is 6.14. The summed E-state index contributed by atoms with van der Waals surface area (Å²) in [6, 6.07) is 13.9. The average molecular weight is 380 g/mol. The second-order valence-corrected chi connectivity index (χ2v) is 6.14. The summed E-state index contributed by atoms with van der Waals surface area (Å²) in [5.41, 5.74) is 1.31. The van der Waals surface area contributed by atoms with Crippen molar-refractivity contribution in [1.82, 2.24) is 4.90 Å². The summed E-state index contributed by atoms with van der Waals surface area (Å²) in [7, 11) is 0. The molecule has 27 heavy (non-hydrogen) atoms. The smallest absolute Gasteiger partial charge is 0.382 e. The van der Waals surface area contributed by atoms with Gasteiger partial charge in [0.2, 0.25) is 6.10 Å². The summed E-state index contributed by atoms with van der Waals surface area (Å²) in [6.45, 7) is -1.59. The summed E-state index contributed by atoms with van der Waals surface area (Å²) < 4.78 is 52.1. The van der Waals surface area contributed by atoms with Crippen molar-refractivity contribution in [2.75, 3.05) is 6.54 Å². The number of benzene rings is 2. The highest BCUT2D eigenvalue weighted by Gasteiger charge is 2.38. The van der Waals surface area contributed by atoms with Crippen LogP contribution in [0.5, 0.6) is 0 Å². The normalized spacial score (nSPS) is 16.6. The molecule has 2 aromatic rings. The van der Waals surface area contributed by atoms with Gasteiger partial charge in [-0.3, -0.25) is 4.79 Å². The average Bonchev–Trinajstić information content (AvgIpc) is 3.10. The molecule has 0 saturated carbocycles. The van der Waals surface area contributed by atoms with Crippen LogP contribution in [0.25, 0.3) is 0 Å². The third kappa shape index (κ3) is 5.06. The fraction of sp³-hybridized carbons (Fsp3) is 0.263. The Morgan fingerprint density at radius 2 is 1.89 bits per heavy atom. The van der Waals surface area contributed by atoms with E-state index >= 15 is 0 Å². The van der Waals surface area contributed by atoms with Crippen LogP contribution in [0.4, 0.5) is 17.6 Å². The first-order valence-electron chi connectivity index (χ1n) is 8.20. The maximum atomic E-state index is 13.3. The minimum atomic E-state index is -4.55. The third-order valence-corrected chi connectivity index (χ3v) is 4.00. The van der Waals surface area contributed by atoms with Crippen molar-refractivity contribution < 1.29 is 27.2 Å². The van der Waals surface area contributed by atoms with E-state index in [1.807, 2.05) is 0 Å². The Morgan fingerprint density at radius 1 is 1.15 bits per heavy atom. The zero-order chi connectivity index (χ0) is 19.4. The summed E-state index contributed by atoms with van der Waals surface area (Å²) in [4.78, 5) is 18.4. The topological polar surface area (TPSA) is 41.9 Å². The van der Waals surface area contributed by atoms with Crippen LogP contribution >= 0.6 is 0 Å². The van der Waals surface area contributed by atoms with Crippen molar-refractivity contribution >= 4 is 11.6 Å². The van der Waals surface area contributed by atoms with E-state index in [2.05, 4.69) is 5.16 Å². The van der Waals surface area contributed by atoms with Gasteiger partial charge in [0.05, 0.1) is 5.71 Å². The molecule has 4 nitrogen and oxygen atoms in total. The molecule has 1 aliphatic rings. The fourth-order valence-corrected chi connectivity index (χ4v) is 2.78. The van der Waals surface area contributed by atoms with Gasteiger partial charge < -0.3 is 9.74 Å². The van der Waals surface area contributed by atoms with Crippen LogP contribution in [0.15, 0.2) is 59.8 Å². The fourth-order valence-electron chi connectivity index (χ4n) is 2.78. The third-order valence-electron chi connectivity index (χ3n) is 4.00. The van der Waals surface area contributed by atoms with Crippen LogP contribution in [0.1, 0.15) is 17.5 Å². The van der Waals surface area contributed by atoms with E-state index < -0.39 is 30.5 Å². The van der Waals surface area contributed by atoms with E-state index in [9.17, 15) is 22.4 Å². The monoisotopic (exact) mass is 380 g/mol. The molecule has 1 atom stereocenters. The Bertz CT molecular complexity index is 837. The quantitative estimate of drug-likeness (QED) is 0.738. The first-order valence-corrected chi connectivity index (χ1v) is 8.20. The van der Waals surface area contributed by atoms with E-state index in [-0.39, 0.29) is 13.0 Å². The lowest BCUT2D eigenvalue weighted by Crippen LogP contribution is -2.43. The molecule has 0 saturated heterocycles. The number of halogens is 4. The Labute approximate surface area is 153 Å². The molecular weight excluding hydrogens is 364 g/mol. The molecule has 8 heteroatoms. The van der Waals surface area contributed by atoms with Crippen molar-refractivity contribution in [2.45, 2.75) is 25.2 Å². The number of carbonyl (C=O) groups is 1. The Balaban J connectivity index is 1.72. The van der Waals surface area contributed by atoms with Gasteiger partial charge in [0.1, 0.15) is 12.4 Å². The molecule has 0 radical (unpaired) electrons. The standard InChI is InChI=1S/C19H16F4N2O2/c20-15-8-4-7-14(9-15)16-10-17(27-24-16)18(26)25(12-19(21,22)23)11-13-5-2-1-3-6-13/h1-9,17H,10-12H2/t17-/m1/s1. The van der Waals surface area contributed by atoms with E-state index in [4.69, 9.17) is 4.84 Å². The number of alkyl halides is 3. The summed E-state index contributed by atoms with van der Waals surface area (Å²) in [5.74, 6) is -1.29. The molecule has 0 bridgehead atoms. The molecule has 3 rings (SSSR count). The highest BCUT2D eigenvalue weighted by atomic mass is 19.4. The highest BCUT2D eigenvalue weighted by molar-refractivity contribution is 6.04.